The van der Waals surface area contributed by atoms with E-state index in [2.05, 4.69) is 119 Å². The second kappa shape index (κ2) is 8.12. The van der Waals surface area contributed by atoms with E-state index in [1.807, 2.05) is 18.2 Å². The Morgan fingerprint density at radius 1 is 0.688 bits per heavy atom. The Bertz CT molecular complexity index is 1370. The van der Waals surface area contributed by atoms with E-state index in [0.717, 1.165) is 22.2 Å². The van der Waals surface area contributed by atoms with Gasteiger partial charge >= 0.3 is 202 Å². The summed E-state index contributed by atoms with van der Waals surface area (Å²) < 4.78 is 0. The number of hydrogen-bond acceptors (Lipinski definition) is 1. The van der Waals surface area contributed by atoms with Crippen molar-refractivity contribution < 1.29 is 0 Å². The van der Waals surface area contributed by atoms with Gasteiger partial charge < -0.3 is 0 Å². The van der Waals surface area contributed by atoms with Crippen molar-refractivity contribution >= 4 is 59.2 Å². The zero-order valence-electron chi connectivity index (χ0n) is 17.6. The average Bonchev–Trinajstić information content (AvgIpc) is 2.85. The van der Waals surface area contributed by atoms with Crippen molar-refractivity contribution in [3.05, 3.63) is 120 Å². The van der Waals surface area contributed by atoms with Crippen molar-refractivity contribution in [3.63, 3.8) is 0 Å². The Morgan fingerprint density at radius 3 is 1.91 bits per heavy atom. The summed E-state index contributed by atoms with van der Waals surface area (Å²) in [5, 5.41) is 2.64. The summed E-state index contributed by atoms with van der Waals surface area (Å²) in [4.78, 5) is 5.01. The van der Waals surface area contributed by atoms with Crippen LogP contribution in [0.2, 0.25) is 5.02 Å². The molecular formula is C28H22BrClNP. The van der Waals surface area contributed by atoms with Gasteiger partial charge in [0.15, 0.2) is 0 Å². The first-order chi connectivity index (χ1) is 15.5. The first kappa shape index (κ1) is 21.3. The summed E-state index contributed by atoms with van der Waals surface area (Å²) in [5.41, 5.74) is 2.96. The van der Waals surface area contributed by atoms with Crippen LogP contribution in [0.25, 0.3) is 22.2 Å². The number of nitrogens with zero attached hydrogens (tertiary/aromatic N) is 1. The Morgan fingerprint density at radius 2 is 1.25 bits per heavy atom. The predicted octanol–water partition coefficient (Wildman–Crippen LogP) is 7.32. The van der Waals surface area contributed by atoms with Crippen LogP contribution in [0.3, 0.4) is 0 Å². The van der Waals surface area contributed by atoms with Gasteiger partial charge in [0.05, 0.1) is 0 Å². The molecule has 1 nitrogen and oxygen atoms in total. The third kappa shape index (κ3) is 3.48. The van der Waals surface area contributed by atoms with Gasteiger partial charge in [0.1, 0.15) is 0 Å². The molecule has 0 saturated carbocycles. The standard InChI is InChI=1S/C28H22BrClNP/c1-32(29,23-10-4-2-5-11-23,24-12-6-3-7-13-24)28-15-9-8-14-25(28)26-19-17-21-16-18-22(30)20-27(21)31-26/h2-20H,1H3. The number of pyridine rings is 1. The molecule has 0 aliphatic rings. The van der Waals surface area contributed by atoms with Crippen molar-refractivity contribution in [2.75, 3.05) is 6.66 Å². The van der Waals surface area contributed by atoms with E-state index in [1.54, 1.807) is 0 Å². The second-order valence-corrected chi connectivity index (χ2v) is 18.3. The Hall–Kier alpha value is -2.51. The molecule has 0 unspecified atom stereocenters. The molecule has 5 rings (SSSR count). The summed E-state index contributed by atoms with van der Waals surface area (Å²) in [6, 6.07) is 40.2. The van der Waals surface area contributed by atoms with Crippen LogP contribution in [0, 0.1) is 0 Å². The van der Waals surface area contributed by atoms with Crippen molar-refractivity contribution in [2.45, 2.75) is 0 Å². The zero-order chi connectivity index (χ0) is 22.2. The van der Waals surface area contributed by atoms with Crippen molar-refractivity contribution in [2.24, 2.45) is 0 Å². The second-order valence-electron chi connectivity index (χ2n) is 8.15. The molecule has 0 saturated heterocycles. The molecule has 0 atom stereocenters. The first-order valence-electron chi connectivity index (χ1n) is 10.5. The molecule has 0 amide bonds. The fourth-order valence-electron chi connectivity index (χ4n) is 4.39. The van der Waals surface area contributed by atoms with Gasteiger partial charge in [0, 0.05) is 0 Å². The number of halogens is 2. The molecule has 0 aliphatic carbocycles. The van der Waals surface area contributed by atoms with Gasteiger partial charge in [-0.05, 0) is 0 Å². The number of rotatable bonds is 4. The number of benzene rings is 4. The van der Waals surface area contributed by atoms with Gasteiger partial charge in [-0.25, -0.2) is 0 Å². The van der Waals surface area contributed by atoms with E-state index >= 15 is 0 Å². The minimum atomic E-state index is -2.95. The summed E-state index contributed by atoms with van der Waals surface area (Å²) in [7, 11) is 0. The van der Waals surface area contributed by atoms with Crippen LogP contribution in [0.5, 0.6) is 0 Å². The minimum absolute atomic E-state index is 0.694. The van der Waals surface area contributed by atoms with Gasteiger partial charge in [-0.1, -0.05) is 0 Å². The fraction of sp³-hybridized carbons (Fsp3) is 0.0357. The van der Waals surface area contributed by atoms with Crippen LogP contribution in [0.4, 0.5) is 0 Å². The molecule has 4 heteroatoms. The Balaban J connectivity index is 1.83. The summed E-state index contributed by atoms with van der Waals surface area (Å²) in [6.07, 6.45) is 0. The molecule has 0 spiro atoms. The third-order valence-electron chi connectivity index (χ3n) is 6.15. The first-order valence-corrected chi connectivity index (χ1v) is 15.6. The summed E-state index contributed by atoms with van der Waals surface area (Å²) >= 11 is 10.7. The van der Waals surface area contributed by atoms with Gasteiger partial charge in [0.2, 0.25) is 0 Å². The van der Waals surface area contributed by atoms with E-state index in [9.17, 15) is 0 Å². The van der Waals surface area contributed by atoms with E-state index in [1.165, 1.54) is 15.9 Å². The van der Waals surface area contributed by atoms with Crippen LogP contribution >= 0.6 is 32.4 Å². The Labute approximate surface area is 201 Å². The van der Waals surface area contributed by atoms with Crippen LogP contribution < -0.4 is 15.9 Å². The molecule has 0 fully saturated rings. The molecule has 1 aromatic heterocycles. The fourth-order valence-corrected chi connectivity index (χ4v) is 10.7. The SMILES string of the molecule is CP(Br)(c1ccccc1)(c1ccccc1)c1ccccc1-c1ccc2ccc(Cl)cc2n1. The van der Waals surface area contributed by atoms with Crippen LogP contribution in [-0.2, 0) is 0 Å². The van der Waals surface area contributed by atoms with Gasteiger partial charge in [-0.15, -0.1) is 0 Å². The Kier molecular flexibility index (Phi) is 5.42. The van der Waals surface area contributed by atoms with Crippen LogP contribution in [0.1, 0.15) is 0 Å². The molecule has 0 aliphatic heterocycles. The molecular weight excluding hydrogens is 497 g/mol. The maximum atomic E-state index is 6.26. The molecule has 0 bridgehead atoms. The molecule has 158 valence electrons. The molecule has 4 aromatic carbocycles. The average molecular weight is 519 g/mol. The van der Waals surface area contributed by atoms with Crippen molar-refractivity contribution in [1.82, 2.24) is 4.98 Å². The molecule has 1 heterocycles. The normalized spacial score (nSPS) is 12.9. The molecule has 0 radical (unpaired) electrons. The maximum absolute atomic E-state index is 6.26. The van der Waals surface area contributed by atoms with E-state index in [0.29, 0.717) is 5.02 Å². The third-order valence-corrected chi connectivity index (χ3v) is 14.6. The van der Waals surface area contributed by atoms with Gasteiger partial charge in [0.25, 0.3) is 0 Å². The van der Waals surface area contributed by atoms with E-state index in [-0.39, 0.29) is 0 Å². The molecule has 5 aromatic rings. The number of hydrogen-bond donors (Lipinski definition) is 0. The number of aromatic nitrogens is 1. The quantitative estimate of drug-likeness (QED) is 0.227. The summed E-state index contributed by atoms with van der Waals surface area (Å²) in [5.74, 6) is 0. The van der Waals surface area contributed by atoms with Gasteiger partial charge in [-0.2, -0.15) is 0 Å². The van der Waals surface area contributed by atoms with Crippen LogP contribution in [-0.4, -0.2) is 11.6 Å². The van der Waals surface area contributed by atoms with E-state index < -0.39 is 5.31 Å². The summed E-state index contributed by atoms with van der Waals surface area (Å²) in [6.45, 7) is 2.37. The monoisotopic (exact) mass is 517 g/mol. The number of fused-ring (bicyclic) bond motifs is 1. The molecule has 0 N–H and O–H groups in total. The van der Waals surface area contributed by atoms with Crippen LogP contribution in [0.15, 0.2) is 115 Å². The predicted molar refractivity (Wildman–Crippen MR) is 146 cm³/mol. The van der Waals surface area contributed by atoms with E-state index in [4.69, 9.17) is 16.6 Å². The topological polar surface area (TPSA) is 12.9 Å². The van der Waals surface area contributed by atoms with Gasteiger partial charge in [-0.3, -0.25) is 0 Å². The van der Waals surface area contributed by atoms with Crippen molar-refractivity contribution in [1.29, 1.82) is 0 Å². The molecule has 32 heavy (non-hydrogen) atoms. The zero-order valence-corrected chi connectivity index (χ0v) is 20.9. The van der Waals surface area contributed by atoms with Crippen molar-refractivity contribution in [3.8, 4) is 11.3 Å².